The lowest BCUT2D eigenvalue weighted by Crippen LogP contribution is -2.16. The zero-order chi connectivity index (χ0) is 24.7. The van der Waals surface area contributed by atoms with Gasteiger partial charge in [0, 0.05) is 23.6 Å². The molecule has 0 unspecified atom stereocenters. The van der Waals surface area contributed by atoms with Crippen LogP contribution >= 0.6 is 11.3 Å². The van der Waals surface area contributed by atoms with E-state index in [0.717, 1.165) is 0 Å². The van der Waals surface area contributed by atoms with Gasteiger partial charge in [-0.15, -0.1) is 11.3 Å². The topological polar surface area (TPSA) is 128 Å². The Balaban J connectivity index is 1.64. The number of nitrogens with zero attached hydrogens (tertiary/aromatic N) is 1. The van der Waals surface area contributed by atoms with Crippen LogP contribution in [0.5, 0.6) is 17.2 Å². The van der Waals surface area contributed by atoms with Crippen LogP contribution in [-0.2, 0) is 16.0 Å². The van der Waals surface area contributed by atoms with Crippen LogP contribution in [0, 0.1) is 0 Å². The maximum Gasteiger partial charge on any atom is 0.257 e. The van der Waals surface area contributed by atoms with Crippen molar-refractivity contribution < 1.29 is 28.6 Å². The second-order valence-electron chi connectivity index (χ2n) is 6.99. The van der Waals surface area contributed by atoms with Crippen molar-refractivity contribution >= 4 is 45.6 Å². The highest BCUT2D eigenvalue weighted by Gasteiger charge is 2.15. The number of ether oxygens (including phenoxy) is 3. The van der Waals surface area contributed by atoms with Gasteiger partial charge in [0.25, 0.3) is 5.91 Å². The number of hydrogen-bond donors (Lipinski definition) is 3. The molecular formula is C23H24N4O6S. The SMILES string of the molecule is COc1ccc(NC(C)=O)cc1NC(=O)Cc1csc(NC(=O)c2ccc(OC)c(OC)c2)n1. The second kappa shape index (κ2) is 11.1. The van der Waals surface area contributed by atoms with E-state index in [9.17, 15) is 14.4 Å². The molecule has 0 aliphatic carbocycles. The van der Waals surface area contributed by atoms with E-state index in [1.807, 2.05) is 0 Å². The highest BCUT2D eigenvalue weighted by molar-refractivity contribution is 7.14. The molecule has 3 N–H and O–H groups in total. The summed E-state index contributed by atoms with van der Waals surface area (Å²) in [5.74, 6) is 0.467. The molecule has 10 nitrogen and oxygen atoms in total. The third-order valence-corrected chi connectivity index (χ3v) is 5.36. The average molecular weight is 485 g/mol. The van der Waals surface area contributed by atoms with Crippen LogP contribution in [0.25, 0.3) is 0 Å². The van der Waals surface area contributed by atoms with E-state index >= 15 is 0 Å². The minimum absolute atomic E-state index is 0.0176. The molecule has 2 aromatic carbocycles. The van der Waals surface area contributed by atoms with Crippen molar-refractivity contribution in [2.75, 3.05) is 37.3 Å². The van der Waals surface area contributed by atoms with E-state index in [0.29, 0.717) is 45.0 Å². The van der Waals surface area contributed by atoms with Crippen molar-refractivity contribution in [3.05, 3.63) is 53.0 Å². The Morgan fingerprint density at radius 2 is 1.59 bits per heavy atom. The highest BCUT2D eigenvalue weighted by Crippen LogP contribution is 2.29. The van der Waals surface area contributed by atoms with E-state index in [1.54, 1.807) is 41.8 Å². The van der Waals surface area contributed by atoms with Gasteiger partial charge in [-0.2, -0.15) is 0 Å². The zero-order valence-corrected chi connectivity index (χ0v) is 19.9. The molecule has 34 heavy (non-hydrogen) atoms. The molecule has 0 saturated carbocycles. The van der Waals surface area contributed by atoms with Gasteiger partial charge in [-0.25, -0.2) is 4.98 Å². The summed E-state index contributed by atoms with van der Waals surface area (Å²) in [7, 11) is 4.49. The molecule has 3 amide bonds. The Morgan fingerprint density at radius 3 is 2.26 bits per heavy atom. The summed E-state index contributed by atoms with van der Waals surface area (Å²) < 4.78 is 15.7. The number of aromatic nitrogens is 1. The number of carbonyl (C=O) groups is 3. The molecular weight excluding hydrogens is 460 g/mol. The van der Waals surface area contributed by atoms with E-state index < -0.39 is 0 Å². The van der Waals surface area contributed by atoms with Crippen molar-refractivity contribution in [3.63, 3.8) is 0 Å². The van der Waals surface area contributed by atoms with E-state index in [4.69, 9.17) is 14.2 Å². The molecule has 11 heteroatoms. The Bertz CT molecular complexity index is 1210. The molecule has 0 spiro atoms. The fourth-order valence-corrected chi connectivity index (χ4v) is 3.74. The van der Waals surface area contributed by atoms with Gasteiger partial charge >= 0.3 is 0 Å². The number of methoxy groups -OCH3 is 3. The van der Waals surface area contributed by atoms with Crippen LogP contribution in [0.3, 0.4) is 0 Å². The first-order valence-electron chi connectivity index (χ1n) is 10.1. The monoisotopic (exact) mass is 484 g/mol. The molecule has 0 aliphatic rings. The van der Waals surface area contributed by atoms with E-state index in [1.165, 1.54) is 39.6 Å². The summed E-state index contributed by atoms with van der Waals surface area (Å²) in [6.45, 7) is 1.40. The largest absolute Gasteiger partial charge is 0.495 e. The summed E-state index contributed by atoms with van der Waals surface area (Å²) in [5.41, 5.74) is 1.80. The van der Waals surface area contributed by atoms with Gasteiger partial charge in [-0.1, -0.05) is 0 Å². The van der Waals surface area contributed by atoms with Gasteiger partial charge in [-0.05, 0) is 36.4 Å². The molecule has 0 bridgehead atoms. The Morgan fingerprint density at radius 1 is 0.882 bits per heavy atom. The summed E-state index contributed by atoms with van der Waals surface area (Å²) in [4.78, 5) is 40.7. The minimum Gasteiger partial charge on any atom is -0.495 e. The predicted molar refractivity (Wildman–Crippen MR) is 129 cm³/mol. The molecule has 0 radical (unpaired) electrons. The van der Waals surface area contributed by atoms with E-state index in [2.05, 4.69) is 20.9 Å². The maximum absolute atomic E-state index is 12.6. The summed E-state index contributed by atoms with van der Waals surface area (Å²) >= 11 is 1.20. The van der Waals surface area contributed by atoms with Gasteiger partial charge in [0.15, 0.2) is 16.6 Å². The van der Waals surface area contributed by atoms with Gasteiger partial charge in [-0.3, -0.25) is 19.7 Å². The molecule has 0 fully saturated rings. The lowest BCUT2D eigenvalue weighted by molar-refractivity contribution is -0.116. The normalized spacial score (nSPS) is 10.2. The quantitative estimate of drug-likeness (QED) is 0.424. The van der Waals surface area contributed by atoms with Crippen LogP contribution in [0.4, 0.5) is 16.5 Å². The zero-order valence-electron chi connectivity index (χ0n) is 19.1. The Kier molecular flexibility index (Phi) is 8.04. The molecule has 0 saturated heterocycles. The van der Waals surface area contributed by atoms with Gasteiger partial charge in [0.05, 0.1) is 39.1 Å². The number of hydrogen-bond acceptors (Lipinski definition) is 8. The maximum atomic E-state index is 12.6. The minimum atomic E-state index is -0.370. The smallest absolute Gasteiger partial charge is 0.257 e. The molecule has 3 rings (SSSR count). The average Bonchev–Trinajstić information content (AvgIpc) is 3.24. The molecule has 3 aromatic rings. The number of amides is 3. The molecule has 1 aromatic heterocycles. The van der Waals surface area contributed by atoms with Crippen molar-refractivity contribution in [1.29, 1.82) is 0 Å². The Labute approximate surface area is 200 Å². The first-order valence-corrected chi connectivity index (χ1v) is 10.9. The molecule has 0 atom stereocenters. The van der Waals surface area contributed by atoms with Crippen molar-refractivity contribution in [2.24, 2.45) is 0 Å². The number of nitrogens with one attached hydrogen (secondary N) is 3. The third kappa shape index (κ3) is 6.23. The van der Waals surface area contributed by atoms with Crippen LogP contribution in [0.2, 0.25) is 0 Å². The Hall–Kier alpha value is -4.12. The summed E-state index contributed by atoms with van der Waals surface area (Å²) in [6.07, 6.45) is -0.0176. The van der Waals surface area contributed by atoms with Crippen LogP contribution in [-0.4, -0.2) is 44.0 Å². The van der Waals surface area contributed by atoms with Crippen molar-refractivity contribution in [1.82, 2.24) is 4.98 Å². The number of anilines is 3. The number of carbonyl (C=O) groups excluding carboxylic acids is 3. The molecule has 1 heterocycles. The summed E-state index contributed by atoms with van der Waals surface area (Å²) in [6, 6.07) is 9.74. The van der Waals surface area contributed by atoms with Gasteiger partial charge in [0.1, 0.15) is 5.75 Å². The molecule has 0 aliphatic heterocycles. The first-order chi connectivity index (χ1) is 16.3. The number of benzene rings is 2. The van der Waals surface area contributed by atoms with Crippen molar-refractivity contribution in [3.8, 4) is 17.2 Å². The third-order valence-electron chi connectivity index (χ3n) is 4.55. The highest BCUT2D eigenvalue weighted by atomic mass is 32.1. The fraction of sp³-hybridized carbons (Fsp3) is 0.217. The second-order valence-corrected chi connectivity index (χ2v) is 7.85. The first kappa shape index (κ1) is 24.5. The van der Waals surface area contributed by atoms with Crippen LogP contribution in [0.15, 0.2) is 41.8 Å². The van der Waals surface area contributed by atoms with Gasteiger partial charge in [0.2, 0.25) is 11.8 Å². The van der Waals surface area contributed by atoms with Gasteiger partial charge < -0.3 is 24.8 Å². The number of thiazole rings is 1. The van der Waals surface area contributed by atoms with Crippen LogP contribution in [0.1, 0.15) is 23.0 Å². The lowest BCUT2D eigenvalue weighted by atomic mass is 10.2. The standard InChI is InChI=1S/C23H24N4O6S/c1-13(28)24-15-6-8-18(31-2)17(10-15)26-21(29)11-16-12-34-23(25-16)27-22(30)14-5-7-19(32-3)20(9-14)33-4/h5-10,12H,11H2,1-4H3,(H,24,28)(H,26,29)(H,25,27,30). The van der Waals surface area contributed by atoms with Crippen molar-refractivity contribution in [2.45, 2.75) is 13.3 Å². The molecule has 178 valence electrons. The predicted octanol–water partition coefficient (Wildman–Crippen LogP) is 3.56. The lowest BCUT2D eigenvalue weighted by Gasteiger charge is -2.12. The van der Waals surface area contributed by atoms with E-state index in [-0.39, 0.29) is 24.1 Å². The fourth-order valence-electron chi connectivity index (χ4n) is 3.04. The number of rotatable bonds is 9. The van der Waals surface area contributed by atoms with Crippen LogP contribution < -0.4 is 30.2 Å². The summed E-state index contributed by atoms with van der Waals surface area (Å²) in [5, 5.41) is 10.2.